The molecular weight excluding hydrogens is 346 g/mol. The van der Waals surface area contributed by atoms with Gasteiger partial charge in [0.1, 0.15) is 0 Å². The SMILES string of the molecule is C[C@@H]1Sc2ccccc2N(CC(=O)N2CCN(C(=O)C3CC3)CC2)[C@@H]1C. The molecule has 5 nitrogen and oxygen atoms in total. The van der Waals surface area contributed by atoms with Crippen molar-refractivity contribution in [1.29, 1.82) is 0 Å². The Morgan fingerprint density at radius 1 is 1.04 bits per heavy atom. The first kappa shape index (κ1) is 17.7. The van der Waals surface area contributed by atoms with Crippen LogP contribution < -0.4 is 4.90 Å². The highest BCUT2D eigenvalue weighted by molar-refractivity contribution is 8.00. The van der Waals surface area contributed by atoms with Crippen LogP contribution in [-0.4, -0.2) is 65.6 Å². The third-order valence-electron chi connectivity index (χ3n) is 5.83. The number of piperazine rings is 1. The molecule has 1 aromatic rings. The van der Waals surface area contributed by atoms with Gasteiger partial charge in [-0.2, -0.15) is 0 Å². The zero-order chi connectivity index (χ0) is 18.3. The highest BCUT2D eigenvalue weighted by atomic mass is 32.2. The van der Waals surface area contributed by atoms with E-state index >= 15 is 0 Å². The maximum absolute atomic E-state index is 12.9. The Bertz CT molecular complexity index is 698. The molecule has 0 spiro atoms. The monoisotopic (exact) mass is 373 g/mol. The van der Waals surface area contributed by atoms with Crippen LogP contribution in [0.4, 0.5) is 5.69 Å². The van der Waals surface area contributed by atoms with Gasteiger partial charge in [0.2, 0.25) is 11.8 Å². The van der Waals surface area contributed by atoms with E-state index in [1.807, 2.05) is 27.6 Å². The molecule has 1 aromatic carbocycles. The van der Waals surface area contributed by atoms with Crippen molar-refractivity contribution >= 4 is 29.3 Å². The summed E-state index contributed by atoms with van der Waals surface area (Å²) in [4.78, 5) is 32.5. The fourth-order valence-electron chi connectivity index (χ4n) is 3.81. The van der Waals surface area contributed by atoms with Crippen LogP contribution >= 0.6 is 11.8 Å². The van der Waals surface area contributed by atoms with E-state index in [9.17, 15) is 9.59 Å². The lowest BCUT2D eigenvalue weighted by Gasteiger charge is -2.42. The number of anilines is 1. The molecule has 2 atom stereocenters. The number of hydrogen-bond acceptors (Lipinski definition) is 4. The Balaban J connectivity index is 1.39. The summed E-state index contributed by atoms with van der Waals surface area (Å²) in [6, 6.07) is 8.68. The fraction of sp³-hybridized carbons (Fsp3) is 0.600. The van der Waals surface area contributed by atoms with Crippen molar-refractivity contribution in [3.05, 3.63) is 24.3 Å². The first-order valence-electron chi connectivity index (χ1n) is 9.63. The Morgan fingerprint density at radius 3 is 2.38 bits per heavy atom. The van der Waals surface area contributed by atoms with Gasteiger partial charge >= 0.3 is 0 Å². The summed E-state index contributed by atoms with van der Waals surface area (Å²) in [5, 5.41) is 0.450. The minimum atomic E-state index is 0.171. The Labute approximate surface area is 159 Å². The predicted molar refractivity (Wildman–Crippen MR) is 104 cm³/mol. The molecular formula is C20H27N3O2S. The van der Waals surface area contributed by atoms with Crippen LogP contribution in [0.5, 0.6) is 0 Å². The minimum absolute atomic E-state index is 0.171. The summed E-state index contributed by atoms with van der Waals surface area (Å²) >= 11 is 1.89. The lowest BCUT2D eigenvalue weighted by molar-refractivity contribution is -0.139. The van der Waals surface area contributed by atoms with Crippen molar-refractivity contribution in [3.63, 3.8) is 0 Å². The number of thioether (sulfide) groups is 1. The number of para-hydroxylation sites is 1. The molecule has 1 saturated heterocycles. The lowest BCUT2D eigenvalue weighted by Crippen LogP contribution is -2.54. The van der Waals surface area contributed by atoms with Gasteiger partial charge < -0.3 is 14.7 Å². The number of carbonyl (C=O) groups is 2. The number of carbonyl (C=O) groups excluding carboxylic acids is 2. The first-order chi connectivity index (χ1) is 12.5. The standard InChI is InChI=1S/C20H27N3O2S/c1-14-15(2)26-18-6-4-3-5-17(18)23(14)13-19(24)21-9-11-22(12-10-21)20(25)16-7-8-16/h3-6,14-16H,7-13H2,1-2H3/t14-,15+/m1/s1. The summed E-state index contributed by atoms with van der Waals surface area (Å²) in [6.07, 6.45) is 2.08. The summed E-state index contributed by atoms with van der Waals surface area (Å²) < 4.78 is 0. The molecule has 6 heteroatoms. The zero-order valence-corrected chi connectivity index (χ0v) is 16.4. The Kier molecular flexibility index (Phi) is 4.86. The summed E-state index contributed by atoms with van der Waals surface area (Å²) in [6.45, 7) is 7.52. The molecule has 0 aromatic heterocycles. The average Bonchev–Trinajstić information content (AvgIpc) is 3.50. The van der Waals surface area contributed by atoms with Crippen LogP contribution in [-0.2, 0) is 9.59 Å². The molecule has 1 aliphatic carbocycles. The van der Waals surface area contributed by atoms with E-state index in [-0.39, 0.29) is 11.8 Å². The van der Waals surface area contributed by atoms with E-state index < -0.39 is 0 Å². The number of nitrogens with zero attached hydrogens (tertiary/aromatic N) is 3. The molecule has 2 aliphatic heterocycles. The second-order valence-corrected chi connectivity index (χ2v) is 9.06. The molecule has 2 fully saturated rings. The molecule has 2 amide bonds. The van der Waals surface area contributed by atoms with Gasteiger partial charge in [-0.3, -0.25) is 9.59 Å². The molecule has 4 rings (SSSR count). The largest absolute Gasteiger partial charge is 0.357 e. The van der Waals surface area contributed by atoms with Gasteiger partial charge in [-0.1, -0.05) is 19.1 Å². The predicted octanol–water partition coefficient (Wildman–Crippen LogP) is 2.46. The molecule has 140 valence electrons. The van der Waals surface area contributed by atoms with Gasteiger partial charge in [0, 0.05) is 48.3 Å². The van der Waals surface area contributed by atoms with Crippen LogP contribution in [0.25, 0.3) is 0 Å². The second-order valence-electron chi connectivity index (χ2n) is 7.64. The third-order valence-corrected chi connectivity index (χ3v) is 7.20. The van der Waals surface area contributed by atoms with Gasteiger partial charge in [0.05, 0.1) is 12.2 Å². The van der Waals surface area contributed by atoms with Crippen molar-refractivity contribution in [1.82, 2.24) is 9.80 Å². The highest BCUT2D eigenvalue weighted by Crippen LogP contribution is 2.41. The Morgan fingerprint density at radius 2 is 1.69 bits per heavy atom. The van der Waals surface area contributed by atoms with Crippen LogP contribution in [0.3, 0.4) is 0 Å². The summed E-state index contributed by atoms with van der Waals surface area (Å²) in [7, 11) is 0. The van der Waals surface area contributed by atoms with Crippen molar-refractivity contribution in [2.24, 2.45) is 5.92 Å². The van der Waals surface area contributed by atoms with E-state index in [0.29, 0.717) is 49.9 Å². The normalized spacial score (nSPS) is 25.8. The lowest BCUT2D eigenvalue weighted by atomic mass is 10.1. The second kappa shape index (κ2) is 7.14. The third kappa shape index (κ3) is 3.43. The minimum Gasteiger partial charge on any atom is -0.357 e. The molecule has 0 unspecified atom stereocenters. The van der Waals surface area contributed by atoms with E-state index in [0.717, 1.165) is 12.8 Å². The van der Waals surface area contributed by atoms with E-state index in [4.69, 9.17) is 0 Å². The number of benzene rings is 1. The van der Waals surface area contributed by atoms with Crippen LogP contribution in [0.2, 0.25) is 0 Å². The molecule has 0 radical (unpaired) electrons. The van der Waals surface area contributed by atoms with E-state index in [1.165, 1.54) is 10.6 Å². The Hall–Kier alpha value is -1.69. The number of hydrogen-bond donors (Lipinski definition) is 0. The van der Waals surface area contributed by atoms with Gasteiger partial charge in [0.25, 0.3) is 0 Å². The van der Waals surface area contributed by atoms with E-state index in [1.54, 1.807) is 0 Å². The summed E-state index contributed by atoms with van der Waals surface area (Å²) in [5.41, 5.74) is 1.17. The maximum Gasteiger partial charge on any atom is 0.242 e. The molecule has 0 bridgehead atoms. The number of rotatable bonds is 3. The van der Waals surface area contributed by atoms with Gasteiger partial charge in [-0.15, -0.1) is 11.8 Å². The van der Waals surface area contributed by atoms with Gasteiger partial charge in [-0.25, -0.2) is 0 Å². The topological polar surface area (TPSA) is 43.9 Å². The van der Waals surface area contributed by atoms with Crippen molar-refractivity contribution in [2.45, 2.75) is 42.9 Å². The molecule has 1 saturated carbocycles. The van der Waals surface area contributed by atoms with Crippen LogP contribution in [0.1, 0.15) is 26.7 Å². The smallest absolute Gasteiger partial charge is 0.242 e. The molecule has 3 aliphatic rings. The quantitative estimate of drug-likeness (QED) is 0.816. The molecule has 26 heavy (non-hydrogen) atoms. The summed E-state index contributed by atoms with van der Waals surface area (Å²) in [5.74, 6) is 0.729. The maximum atomic E-state index is 12.9. The van der Waals surface area contributed by atoms with Gasteiger partial charge in [0.15, 0.2) is 0 Å². The van der Waals surface area contributed by atoms with Gasteiger partial charge in [-0.05, 0) is 31.9 Å². The molecule has 0 N–H and O–H groups in total. The average molecular weight is 374 g/mol. The zero-order valence-electron chi connectivity index (χ0n) is 15.6. The first-order valence-corrected chi connectivity index (χ1v) is 10.5. The van der Waals surface area contributed by atoms with Crippen molar-refractivity contribution in [2.75, 3.05) is 37.6 Å². The van der Waals surface area contributed by atoms with Crippen molar-refractivity contribution < 1.29 is 9.59 Å². The number of amides is 2. The highest BCUT2D eigenvalue weighted by Gasteiger charge is 2.36. The molecule has 2 heterocycles. The van der Waals surface area contributed by atoms with Crippen molar-refractivity contribution in [3.8, 4) is 0 Å². The van der Waals surface area contributed by atoms with Crippen LogP contribution in [0, 0.1) is 5.92 Å². The fourth-order valence-corrected chi connectivity index (χ4v) is 5.01. The number of fused-ring (bicyclic) bond motifs is 1. The van der Waals surface area contributed by atoms with Crippen LogP contribution in [0.15, 0.2) is 29.2 Å². The van der Waals surface area contributed by atoms with E-state index in [2.05, 4.69) is 36.9 Å².